The number of carbonyl (C=O) groups excluding carboxylic acids is 2. The monoisotopic (exact) mass is 550 g/mol. The molecule has 2 atom stereocenters. The van der Waals surface area contributed by atoms with Gasteiger partial charge >= 0.3 is 11.9 Å². The third-order valence-corrected chi connectivity index (χ3v) is 7.42. The summed E-state index contributed by atoms with van der Waals surface area (Å²) in [5, 5.41) is 3.29. The maximum absolute atomic E-state index is 12.8. The third-order valence-electron chi connectivity index (χ3n) is 7.42. The zero-order valence-corrected chi connectivity index (χ0v) is 24.7. The molecular weight excluding hydrogens is 504 g/mol. The Labute approximate surface area is 239 Å². The molecule has 3 aromatic carbocycles. The van der Waals surface area contributed by atoms with E-state index in [9.17, 15) is 9.59 Å². The van der Waals surface area contributed by atoms with Gasteiger partial charge in [0, 0.05) is 21.5 Å². The van der Waals surface area contributed by atoms with Crippen LogP contribution >= 0.6 is 0 Å². The number of rotatable bonds is 18. The molecule has 0 saturated heterocycles. The highest BCUT2D eigenvalue weighted by molar-refractivity contribution is 6.11. The van der Waals surface area contributed by atoms with Crippen LogP contribution in [0.4, 0.5) is 0 Å². The average Bonchev–Trinajstić information content (AvgIpc) is 2.99. The molecule has 0 amide bonds. The molecular formula is C34H46O6. The third kappa shape index (κ3) is 8.36. The van der Waals surface area contributed by atoms with E-state index in [2.05, 4.69) is 13.8 Å². The molecule has 0 spiro atoms. The quantitative estimate of drug-likeness (QED) is 0.0897. The lowest BCUT2D eigenvalue weighted by Crippen LogP contribution is -2.29. The molecule has 2 unspecified atom stereocenters. The standard InChI is InChI=1S/C34H46O6/c1-5-7-9-11-13-23-29(33(35)37-3)39-31-25-19-15-17-21-27(25)32(28-22-18-16-20-26(28)31)40-30(34(36)38-4)24-14-12-10-8-6-2/h15-22,29-30H,5-14,23-24H2,1-4H3. The summed E-state index contributed by atoms with van der Waals surface area (Å²) in [6.07, 6.45) is 10.6. The predicted octanol–water partition coefficient (Wildman–Crippen LogP) is 8.55. The first-order valence-electron chi connectivity index (χ1n) is 15.0. The van der Waals surface area contributed by atoms with Crippen molar-refractivity contribution in [2.45, 2.75) is 103 Å². The summed E-state index contributed by atoms with van der Waals surface area (Å²) in [7, 11) is 2.80. The van der Waals surface area contributed by atoms with Crippen LogP contribution in [0.2, 0.25) is 0 Å². The van der Waals surface area contributed by atoms with Crippen molar-refractivity contribution >= 4 is 33.5 Å². The zero-order chi connectivity index (χ0) is 28.7. The minimum Gasteiger partial charge on any atom is -0.477 e. The van der Waals surface area contributed by atoms with Gasteiger partial charge in [0.2, 0.25) is 0 Å². The summed E-state index contributed by atoms with van der Waals surface area (Å²) in [4.78, 5) is 25.5. The lowest BCUT2D eigenvalue weighted by Gasteiger charge is -2.23. The molecule has 0 aliphatic carbocycles. The number of hydrogen-bond donors (Lipinski definition) is 0. The number of ether oxygens (including phenoxy) is 4. The Morgan fingerprint density at radius 2 is 0.875 bits per heavy atom. The summed E-state index contributed by atoms with van der Waals surface area (Å²) in [6.45, 7) is 4.37. The van der Waals surface area contributed by atoms with Gasteiger partial charge in [0.1, 0.15) is 11.5 Å². The maximum atomic E-state index is 12.8. The van der Waals surface area contributed by atoms with Crippen LogP contribution in [-0.4, -0.2) is 38.4 Å². The maximum Gasteiger partial charge on any atom is 0.347 e. The smallest absolute Gasteiger partial charge is 0.347 e. The second-order valence-corrected chi connectivity index (χ2v) is 10.4. The summed E-state index contributed by atoms with van der Waals surface area (Å²) >= 11 is 0. The van der Waals surface area contributed by atoms with E-state index in [4.69, 9.17) is 18.9 Å². The van der Waals surface area contributed by atoms with Gasteiger partial charge in [0.05, 0.1) is 14.2 Å². The van der Waals surface area contributed by atoms with Crippen LogP contribution in [0.25, 0.3) is 21.5 Å². The highest BCUT2D eigenvalue weighted by Gasteiger charge is 2.27. The molecule has 40 heavy (non-hydrogen) atoms. The molecule has 0 heterocycles. The van der Waals surface area contributed by atoms with Crippen molar-refractivity contribution in [3.8, 4) is 11.5 Å². The van der Waals surface area contributed by atoms with Crippen LogP contribution in [0.5, 0.6) is 11.5 Å². The summed E-state index contributed by atoms with van der Waals surface area (Å²) < 4.78 is 23.3. The van der Waals surface area contributed by atoms with E-state index in [0.717, 1.165) is 60.1 Å². The van der Waals surface area contributed by atoms with E-state index >= 15 is 0 Å². The molecule has 0 fully saturated rings. The summed E-state index contributed by atoms with van der Waals surface area (Å²) in [5.41, 5.74) is 0. The Hall–Kier alpha value is -3.28. The fourth-order valence-electron chi connectivity index (χ4n) is 5.17. The predicted molar refractivity (Wildman–Crippen MR) is 161 cm³/mol. The van der Waals surface area contributed by atoms with Gasteiger partial charge in [0.15, 0.2) is 12.2 Å². The van der Waals surface area contributed by atoms with Gasteiger partial charge in [-0.3, -0.25) is 0 Å². The molecule has 0 saturated carbocycles. The van der Waals surface area contributed by atoms with Crippen LogP contribution in [0.15, 0.2) is 48.5 Å². The highest BCUT2D eigenvalue weighted by atomic mass is 16.6. The number of hydrogen-bond acceptors (Lipinski definition) is 6. The van der Waals surface area contributed by atoms with Crippen molar-refractivity contribution in [1.82, 2.24) is 0 Å². The normalized spacial score (nSPS) is 12.7. The molecule has 0 aliphatic rings. The van der Waals surface area contributed by atoms with Gasteiger partial charge < -0.3 is 18.9 Å². The Morgan fingerprint density at radius 3 is 1.18 bits per heavy atom. The first kappa shape index (κ1) is 31.3. The number of benzene rings is 3. The van der Waals surface area contributed by atoms with Crippen molar-refractivity contribution in [1.29, 1.82) is 0 Å². The largest absolute Gasteiger partial charge is 0.477 e. The second kappa shape index (κ2) is 16.7. The van der Waals surface area contributed by atoms with E-state index in [1.165, 1.54) is 39.9 Å². The first-order valence-corrected chi connectivity index (χ1v) is 15.0. The van der Waals surface area contributed by atoms with Gasteiger partial charge in [-0.25, -0.2) is 9.59 Å². The molecule has 0 bridgehead atoms. The molecule has 3 aromatic rings. The molecule has 0 N–H and O–H groups in total. The number of methoxy groups -OCH3 is 2. The van der Waals surface area contributed by atoms with Crippen LogP contribution in [0.3, 0.4) is 0 Å². The fourth-order valence-corrected chi connectivity index (χ4v) is 5.17. The van der Waals surface area contributed by atoms with Crippen LogP contribution < -0.4 is 9.47 Å². The molecule has 0 radical (unpaired) electrons. The lowest BCUT2D eigenvalue weighted by molar-refractivity contribution is -0.149. The highest BCUT2D eigenvalue weighted by Crippen LogP contribution is 2.44. The second-order valence-electron chi connectivity index (χ2n) is 10.4. The zero-order valence-electron chi connectivity index (χ0n) is 24.7. The Morgan fingerprint density at radius 1 is 0.550 bits per heavy atom. The van der Waals surface area contributed by atoms with Crippen LogP contribution in [0.1, 0.15) is 90.9 Å². The molecule has 3 rings (SSSR count). The van der Waals surface area contributed by atoms with Crippen molar-refractivity contribution < 1.29 is 28.5 Å². The Balaban J connectivity index is 1.99. The van der Waals surface area contributed by atoms with Gasteiger partial charge in [-0.05, 0) is 25.7 Å². The summed E-state index contributed by atoms with van der Waals surface area (Å²) in [5.74, 6) is 0.490. The van der Waals surface area contributed by atoms with Crippen molar-refractivity contribution in [2.75, 3.05) is 14.2 Å². The van der Waals surface area contributed by atoms with E-state index in [-0.39, 0.29) is 11.9 Å². The van der Waals surface area contributed by atoms with Gasteiger partial charge in [-0.2, -0.15) is 0 Å². The van der Waals surface area contributed by atoms with E-state index in [0.29, 0.717) is 24.3 Å². The molecule has 6 nitrogen and oxygen atoms in total. The van der Waals surface area contributed by atoms with Crippen LogP contribution in [0, 0.1) is 0 Å². The van der Waals surface area contributed by atoms with Crippen molar-refractivity contribution in [2.24, 2.45) is 0 Å². The summed E-state index contributed by atoms with van der Waals surface area (Å²) in [6, 6.07) is 15.6. The van der Waals surface area contributed by atoms with E-state index < -0.39 is 12.2 Å². The average molecular weight is 551 g/mol. The fraction of sp³-hybridized carbons (Fsp3) is 0.529. The topological polar surface area (TPSA) is 71.1 Å². The molecule has 6 heteroatoms. The van der Waals surface area contributed by atoms with Gasteiger partial charge in [-0.15, -0.1) is 0 Å². The van der Waals surface area contributed by atoms with Crippen molar-refractivity contribution in [3.63, 3.8) is 0 Å². The molecule has 218 valence electrons. The van der Waals surface area contributed by atoms with E-state index in [1.54, 1.807) is 0 Å². The van der Waals surface area contributed by atoms with Crippen molar-refractivity contribution in [3.05, 3.63) is 48.5 Å². The number of carbonyl (C=O) groups is 2. The molecule has 0 aromatic heterocycles. The minimum absolute atomic E-state index is 0.377. The first-order chi connectivity index (χ1) is 19.5. The van der Waals surface area contributed by atoms with Gasteiger partial charge in [0.25, 0.3) is 0 Å². The Kier molecular flexibility index (Phi) is 13.1. The number of fused-ring (bicyclic) bond motifs is 2. The minimum atomic E-state index is -0.712. The van der Waals surface area contributed by atoms with Crippen LogP contribution in [-0.2, 0) is 19.1 Å². The SMILES string of the molecule is CCCCCCCC(Oc1c2ccccc2c(OC(CCCCCCC)C(=O)OC)c2ccccc12)C(=O)OC. The number of esters is 2. The van der Waals surface area contributed by atoms with E-state index in [1.807, 2.05) is 48.5 Å². The lowest BCUT2D eigenvalue weighted by atomic mass is 9.99. The molecule has 0 aliphatic heterocycles. The Bertz CT molecular complexity index is 1070. The van der Waals surface area contributed by atoms with Gasteiger partial charge in [-0.1, -0.05) is 114 Å². The number of unbranched alkanes of at least 4 members (excludes halogenated alkanes) is 8.